The van der Waals surface area contributed by atoms with Gasteiger partial charge in [-0.3, -0.25) is 9.59 Å². The fourth-order valence-corrected chi connectivity index (χ4v) is 2.77. The molecule has 2 amide bonds. The molecule has 3 fully saturated rings. The van der Waals surface area contributed by atoms with E-state index < -0.39 is 0 Å². The van der Waals surface area contributed by atoms with Crippen LogP contribution in [0.1, 0.15) is 19.3 Å². The maximum Gasteiger partial charge on any atom is 0.243 e. The summed E-state index contributed by atoms with van der Waals surface area (Å²) in [5.74, 6) is 0.895. The van der Waals surface area contributed by atoms with Gasteiger partial charge in [0.05, 0.1) is 13.2 Å². The summed E-state index contributed by atoms with van der Waals surface area (Å²) in [6.07, 6.45) is 3.15. The van der Waals surface area contributed by atoms with Crippen molar-refractivity contribution in [3.63, 3.8) is 0 Å². The third kappa shape index (κ3) is 2.16. The maximum atomic E-state index is 11.9. The molecule has 2 atom stereocenters. The fourth-order valence-electron chi connectivity index (χ4n) is 2.77. The van der Waals surface area contributed by atoms with Gasteiger partial charge in [0.2, 0.25) is 11.8 Å². The normalized spacial score (nSPS) is 34.0. The molecule has 0 aromatic rings. The van der Waals surface area contributed by atoms with Crippen molar-refractivity contribution in [2.24, 2.45) is 11.8 Å². The summed E-state index contributed by atoms with van der Waals surface area (Å²) in [4.78, 5) is 25.6. The SMILES string of the molecule is O=C1NCC(=O)N(CC2CCOC2)C1C1CC1. The van der Waals surface area contributed by atoms with Gasteiger partial charge in [-0.25, -0.2) is 0 Å². The smallest absolute Gasteiger partial charge is 0.243 e. The average Bonchev–Trinajstić information content (AvgIpc) is 3.01. The van der Waals surface area contributed by atoms with E-state index in [0.29, 0.717) is 18.4 Å². The van der Waals surface area contributed by atoms with E-state index in [1.54, 1.807) is 4.90 Å². The molecule has 0 radical (unpaired) electrons. The number of hydrogen-bond donors (Lipinski definition) is 1. The van der Waals surface area contributed by atoms with E-state index in [1.165, 1.54) is 0 Å². The van der Waals surface area contributed by atoms with Crippen molar-refractivity contribution >= 4 is 11.8 Å². The second-order valence-corrected chi connectivity index (χ2v) is 5.28. The minimum absolute atomic E-state index is 0.0333. The van der Waals surface area contributed by atoms with E-state index in [0.717, 1.165) is 32.5 Å². The fraction of sp³-hybridized carbons (Fsp3) is 0.833. The number of amides is 2. The van der Waals surface area contributed by atoms with Crippen LogP contribution in [0.15, 0.2) is 0 Å². The Hall–Kier alpha value is -1.10. The first kappa shape index (κ1) is 11.0. The molecule has 2 unspecified atom stereocenters. The first-order valence-electron chi connectivity index (χ1n) is 6.40. The Morgan fingerprint density at radius 1 is 1.29 bits per heavy atom. The van der Waals surface area contributed by atoms with Crippen molar-refractivity contribution in [2.75, 3.05) is 26.3 Å². The molecule has 1 N–H and O–H groups in total. The highest BCUT2D eigenvalue weighted by atomic mass is 16.5. The lowest BCUT2D eigenvalue weighted by atomic mass is 10.0. The minimum Gasteiger partial charge on any atom is -0.381 e. The van der Waals surface area contributed by atoms with E-state index in [9.17, 15) is 9.59 Å². The van der Waals surface area contributed by atoms with Gasteiger partial charge in [0, 0.05) is 19.1 Å². The zero-order chi connectivity index (χ0) is 11.8. The monoisotopic (exact) mass is 238 g/mol. The summed E-state index contributed by atoms with van der Waals surface area (Å²) in [5, 5.41) is 2.70. The van der Waals surface area contributed by atoms with Crippen LogP contribution in [0.25, 0.3) is 0 Å². The van der Waals surface area contributed by atoms with Crippen LogP contribution >= 0.6 is 0 Å². The van der Waals surface area contributed by atoms with Gasteiger partial charge in [-0.15, -0.1) is 0 Å². The summed E-state index contributed by atoms with van der Waals surface area (Å²) in [6.45, 7) is 2.36. The van der Waals surface area contributed by atoms with Gasteiger partial charge in [-0.2, -0.15) is 0 Å². The Labute approximate surface area is 100 Å². The molecule has 2 heterocycles. The molecular formula is C12H18N2O3. The lowest BCUT2D eigenvalue weighted by Gasteiger charge is -2.36. The predicted molar refractivity (Wildman–Crippen MR) is 60.2 cm³/mol. The average molecular weight is 238 g/mol. The summed E-state index contributed by atoms with van der Waals surface area (Å²) >= 11 is 0. The largest absolute Gasteiger partial charge is 0.381 e. The molecular weight excluding hydrogens is 220 g/mol. The third-order valence-corrected chi connectivity index (χ3v) is 3.89. The van der Waals surface area contributed by atoms with Gasteiger partial charge in [0.25, 0.3) is 0 Å². The van der Waals surface area contributed by atoms with E-state index in [-0.39, 0.29) is 24.4 Å². The van der Waals surface area contributed by atoms with Crippen LogP contribution in [0.3, 0.4) is 0 Å². The van der Waals surface area contributed by atoms with Crippen molar-refractivity contribution in [3.05, 3.63) is 0 Å². The van der Waals surface area contributed by atoms with E-state index in [2.05, 4.69) is 5.32 Å². The van der Waals surface area contributed by atoms with Crippen LogP contribution in [0, 0.1) is 11.8 Å². The first-order valence-corrected chi connectivity index (χ1v) is 6.40. The van der Waals surface area contributed by atoms with Gasteiger partial charge < -0.3 is 15.0 Å². The topological polar surface area (TPSA) is 58.6 Å². The molecule has 0 bridgehead atoms. The summed E-state index contributed by atoms with van der Waals surface area (Å²) < 4.78 is 5.33. The maximum absolute atomic E-state index is 11.9. The molecule has 5 nitrogen and oxygen atoms in total. The van der Waals surface area contributed by atoms with Gasteiger partial charge in [0.15, 0.2) is 0 Å². The highest BCUT2D eigenvalue weighted by molar-refractivity contribution is 5.95. The minimum atomic E-state index is -0.211. The Morgan fingerprint density at radius 2 is 2.12 bits per heavy atom. The number of carbonyl (C=O) groups is 2. The van der Waals surface area contributed by atoms with Gasteiger partial charge in [-0.1, -0.05) is 0 Å². The molecule has 2 aliphatic heterocycles. The zero-order valence-electron chi connectivity index (χ0n) is 9.85. The predicted octanol–water partition coefficient (Wildman–Crippen LogP) is -0.240. The molecule has 3 aliphatic rings. The highest BCUT2D eigenvalue weighted by Crippen LogP contribution is 2.37. The molecule has 94 valence electrons. The van der Waals surface area contributed by atoms with Crippen LogP contribution in [0.4, 0.5) is 0 Å². The summed E-state index contributed by atoms with van der Waals surface area (Å²) in [6, 6.07) is -0.211. The summed E-state index contributed by atoms with van der Waals surface area (Å²) in [5.41, 5.74) is 0. The van der Waals surface area contributed by atoms with Crippen LogP contribution in [-0.4, -0.2) is 49.1 Å². The molecule has 1 saturated carbocycles. The Bertz CT molecular complexity index is 335. The molecule has 3 rings (SSSR count). The molecule has 1 aliphatic carbocycles. The molecule has 0 aromatic heterocycles. The van der Waals surface area contributed by atoms with Gasteiger partial charge >= 0.3 is 0 Å². The standard InChI is InChI=1S/C12H18N2O3/c15-10-5-13-12(16)11(9-1-2-9)14(10)6-8-3-4-17-7-8/h8-9,11H,1-7H2,(H,13,16). The van der Waals surface area contributed by atoms with Crippen molar-refractivity contribution in [1.82, 2.24) is 10.2 Å². The number of carbonyl (C=O) groups excluding carboxylic acids is 2. The van der Waals surface area contributed by atoms with Crippen LogP contribution < -0.4 is 5.32 Å². The Balaban J connectivity index is 1.71. The van der Waals surface area contributed by atoms with Crippen molar-refractivity contribution in [3.8, 4) is 0 Å². The third-order valence-electron chi connectivity index (χ3n) is 3.89. The van der Waals surface area contributed by atoms with E-state index in [4.69, 9.17) is 4.74 Å². The number of piperazine rings is 1. The van der Waals surface area contributed by atoms with Gasteiger partial charge in [-0.05, 0) is 25.2 Å². The molecule has 2 saturated heterocycles. The van der Waals surface area contributed by atoms with Crippen molar-refractivity contribution in [2.45, 2.75) is 25.3 Å². The lowest BCUT2D eigenvalue weighted by molar-refractivity contribution is -0.147. The Kier molecular flexibility index (Phi) is 2.78. The number of ether oxygens (including phenoxy) is 1. The first-order chi connectivity index (χ1) is 8.25. The molecule has 0 spiro atoms. The van der Waals surface area contributed by atoms with Crippen LogP contribution in [0.2, 0.25) is 0 Å². The molecule has 0 aromatic carbocycles. The van der Waals surface area contributed by atoms with E-state index >= 15 is 0 Å². The molecule has 5 heteroatoms. The van der Waals surface area contributed by atoms with E-state index in [1.807, 2.05) is 0 Å². The molecule has 17 heavy (non-hydrogen) atoms. The van der Waals surface area contributed by atoms with Crippen molar-refractivity contribution in [1.29, 1.82) is 0 Å². The Morgan fingerprint density at radius 3 is 2.76 bits per heavy atom. The van der Waals surface area contributed by atoms with Crippen LogP contribution in [0.5, 0.6) is 0 Å². The van der Waals surface area contributed by atoms with Crippen LogP contribution in [-0.2, 0) is 14.3 Å². The zero-order valence-corrected chi connectivity index (χ0v) is 9.85. The second-order valence-electron chi connectivity index (χ2n) is 5.28. The van der Waals surface area contributed by atoms with Gasteiger partial charge in [0.1, 0.15) is 6.04 Å². The quantitative estimate of drug-likeness (QED) is 0.738. The lowest BCUT2D eigenvalue weighted by Crippen LogP contribution is -2.60. The summed E-state index contributed by atoms with van der Waals surface area (Å²) in [7, 11) is 0. The number of rotatable bonds is 3. The second kappa shape index (κ2) is 4.29. The highest BCUT2D eigenvalue weighted by Gasteiger charge is 2.45. The number of hydrogen-bond acceptors (Lipinski definition) is 3. The number of nitrogens with one attached hydrogen (secondary N) is 1. The van der Waals surface area contributed by atoms with Crippen molar-refractivity contribution < 1.29 is 14.3 Å². The number of nitrogens with zero attached hydrogens (tertiary/aromatic N) is 1.